The predicted octanol–water partition coefficient (Wildman–Crippen LogP) is 1.19. The lowest BCUT2D eigenvalue weighted by atomic mass is 10.0. The Balaban J connectivity index is 1.70. The Bertz CT molecular complexity index is 518. The van der Waals surface area contributed by atoms with Crippen molar-refractivity contribution >= 4 is 0 Å². The highest BCUT2D eigenvalue weighted by atomic mass is 16.5. The highest BCUT2D eigenvalue weighted by molar-refractivity contribution is 5.34. The van der Waals surface area contributed by atoms with Crippen LogP contribution in [-0.2, 0) is 11.2 Å². The lowest BCUT2D eigenvalue weighted by Crippen LogP contribution is -2.46. The Morgan fingerprint density at radius 3 is 2.95 bits per heavy atom. The zero-order chi connectivity index (χ0) is 13.1. The molecule has 19 heavy (non-hydrogen) atoms. The molecule has 2 aromatic rings. The fourth-order valence-electron chi connectivity index (χ4n) is 2.30. The normalized spacial score (nSPS) is 23.4. The number of morpholine rings is 1. The average Bonchev–Trinajstić information content (AvgIpc) is 2.96. The number of benzene rings is 1. The van der Waals surface area contributed by atoms with E-state index in [9.17, 15) is 0 Å². The topological polar surface area (TPSA) is 52.0 Å². The van der Waals surface area contributed by atoms with Crippen molar-refractivity contribution in [1.29, 1.82) is 0 Å². The van der Waals surface area contributed by atoms with E-state index in [0.717, 1.165) is 25.3 Å². The number of aromatic nitrogens is 3. The second kappa shape index (κ2) is 5.50. The lowest BCUT2D eigenvalue weighted by molar-refractivity contribution is 0.0155. The summed E-state index contributed by atoms with van der Waals surface area (Å²) in [5, 5.41) is 11.8. The van der Waals surface area contributed by atoms with Crippen molar-refractivity contribution in [2.45, 2.75) is 25.5 Å². The smallest absolute Gasteiger partial charge is 0.0859 e. The third-order valence-corrected chi connectivity index (χ3v) is 3.32. The van der Waals surface area contributed by atoms with E-state index in [4.69, 9.17) is 4.74 Å². The van der Waals surface area contributed by atoms with Gasteiger partial charge in [-0.1, -0.05) is 12.1 Å². The first-order valence-electron chi connectivity index (χ1n) is 6.62. The maximum Gasteiger partial charge on any atom is 0.0859 e. The molecule has 0 radical (unpaired) electrons. The van der Waals surface area contributed by atoms with Gasteiger partial charge in [-0.25, -0.2) is 0 Å². The molecule has 0 unspecified atom stereocenters. The van der Waals surface area contributed by atoms with Crippen molar-refractivity contribution in [3.8, 4) is 5.69 Å². The number of nitrogens with zero attached hydrogens (tertiary/aromatic N) is 3. The molecule has 1 aromatic carbocycles. The first-order chi connectivity index (χ1) is 9.31. The fraction of sp³-hybridized carbons (Fsp3) is 0.429. The second-order valence-electron chi connectivity index (χ2n) is 4.94. The first-order valence-corrected chi connectivity index (χ1v) is 6.62. The van der Waals surface area contributed by atoms with Crippen molar-refractivity contribution < 1.29 is 4.74 Å². The van der Waals surface area contributed by atoms with Crippen molar-refractivity contribution in [2.75, 3.05) is 13.2 Å². The minimum atomic E-state index is 0.316. The maximum atomic E-state index is 5.67. The van der Waals surface area contributed by atoms with Gasteiger partial charge < -0.3 is 10.1 Å². The minimum Gasteiger partial charge on any atom is -0.376 e. The Kier molecular flexibility index (Phi) is 3.57. The Hall–Kier alpha value is -1.72. The molecular formula is C14H18N4O. The molecule has 1 aromatic heterocycles. The third-order valence-electron chi connectivity index (χ3n) is 3.32. The zero-order valence-corrected chi connectivity index (χ0v) is 11.0. The van der Waals surface area contributed by atoms with Gasteiger partial charge in [-0.2, -0.15) is 15.0 Å². The van der Waals surface area contributed by atoms with E-state index in [2.05, 4.69) is 34.6 Å². The molecule has 3 rings (SSSR count). The van der Waals surface area contributed by atoms with Gasteiger partial charge >= 0.3 is 0 Å². The van der Waals surface area contributed by atoms with E-state index in [1.165, 1.54) is 5.56 Å². The molecule has 5 nitrogen and oxygen atoms in total. The molecule has 2 atom stereocenters. The summed E-state index contributed by atoms with van der Waals surface area (Å²) in [6.45, 7) is 3.78. The van der Waals surface area contributed by atoms with E-state index in [1.54, 1.807) is 17.2 Å². The maximum absolute atomic E-state index is 5.67. The summed E-state index contributed by atoms with van der Waals surface area (Å²) < 4.78 is 5.67. The van der Waals surface area contributed by atoms with Crippen LogP contribution in [0.4, 0.5) is 0 Å². The van der Waals surface area contributed by atoms with Crippen LogP contribution < -0.4 is 5.32 Å². The molecular weight excluding hydrogens is 240 g/mol. The molecule has 0 aliphatic carbocycles. The summed E-state index contributed by atoms with van der Waals surface area (Å²) in [5.74, 6) is 0. The number of nitrogens with one attached hydrogen (secondary N) is 1. The van der Waals surface area contributed by atoms with Gasteiger partial charge in [0.2, 0.25) is 0 Å². The molecule has 1 aliphatic rings. The van der Waals surface area contributed by atoms with E-state index >= 15 is 0 Å². The Labute approximate surface area is 112 Å². The Morgan fingerprint density at radius 2 is 2.21 bits per heavy atom. The minimum absolute atomic E-state index is 0.316. The van der Waals surface area contributed by atoms with Gasteiger partial charge in [-0.3, -0.25) is 0 Å². The van der Waals surface area contributed by atoms with Crippen LogP contribution in [0.25, 0.3) is 5.69 Å². The summed E-state index contributed by atoms with van der Waals surface area (Å²) in [7, 11) is 0. The van der Waals surface area contributed by atoms with Crippen LogP contribution in [-0.4, -0.2) is 40.3 Å². The van der Waals surface area contributed by atoms with Crippen LogP contribution in [0, 0.1) is 0 Å². The molecule has 0 saturated carbocycles. The van der Waals surface area contributed by atoms with E-state index in [1.807, 2.05) is 12.1 Å². The number of rotatable bonds is 3. The molecule has 5 heteroatoms. The van der Waals surface area contributed by atoms with Gasteiger partial charge in [-0.15, -0.1) is 0 Å². The van der Waals surface area contributed by atoms with Crippen molar-refractivity contribution in [2.24, 2.45) is 0 Å². The van der Waals surface area contributed by atoms with Crippen molar-refractivity contribution in [1.82, 2.24) is 20.3 Å². The van der Waals surface area contributed by atoms with Crippen LogP contribution in [0.1, 0.15) is 12.5 Å². The van der Waals surface area contributed by atoms with Crippen LogP contribution in [0.2, 0.25) is 0 Å². The van der Waals surface area contributed by atoms with E-state index in [0.29, 0.717) is 12.1 Å². The summed E-state index contributed by atoms with van der Waals surface area (Å²) in [6, 6.07) is 8.69. The van der Waals surface area contributed by atoms with E-state index < -0.39 is 0 Å². The number of hydrogen-bond donors (Lipinski definition) is 1. The predicted molar refractivity (Wildman–Crippen MR) is 72.3 cm³/mol. The SMILES string of the molecule is C[C@H]1CN[C@H](Cc2cccc(-n3nccn3)c2)CO1. The van der Waals surface area contributed by atoms with Crippen LogP contribution in [0.3, 0.4) is 0 Å². The van der Waals surface area contributed by atoms with Gasteiger partial charge in [0.1, 0.15) is 0 Å². The Morgan fingerprint density at radius 1 is 1.37 bits per heavy atom. The first kappa shape index (κ1) is 12.3. The number of ether oxygens (including phenoxy) is 1. The lowest BCUT2D eigenvalue weighted by Gasteiger charge is -2.28. The monoisotopic (exact) mass is 258 g/mol. The molecule has 0 bridgehead atoms. The third kappa shape index (κ3) is 3.00. The molecule has 1 N–H and O–H groups in total. The van der Waals surface area contributed by atoms with Crippen LogP contribution >= 0.6 is 0 Å². The molecule has 0 amide bonds. The summed E-state index contributed by atoms with van der Waals surface area (Å²) in [5.41, 5.74) is 2.26. The molecule has 1 fully saturated rings. The number of hydrogen-bond acceptors (Lipinski definition) is 4. The highest BCUT2D eigenvalue weighted by Gasteiger charge is 2.18. The summed E-state index contributed by atoms with van der Waals surface area (Å²) >= 11 is 0. The molecule has 2 heterocycles. The standard InChI is InChI=1S/C14H18N4O/c1-11-9-15-13(10-19-11)7-12-3-2-4-14(8-12)18-16-5-6-17-18/h2-6,8,11,13,15H,7,9-10H2,1H3/t11-,13+/m0/s1. The van der Waals surface area contributed by atoms with Gasteiger partial charge in [0, 0.05) is 12.6 Å². The van der Waals surface area contributed by atoms with Gasteiger partial charge in [-0.05, 0) is 31.0 Å². The fourth-order valence-corrected chi connectivity index (χ4v) is 2.30. The largest absolute Gasteiger partial charge is 0.376 e. The average molecular weight is 258 g/mol. The van der Waals surface area contributed by atoms with Gasteiger partial charge in [0.25, 0.3) is 0 Å². The van der Waals surface area contributed by atoms with Crippen molar-refractivity contribution in [3.05, 3.63) is 42.2 Å². The molecule has 0 spiro atoms. The quantitative estimate of drug-likeness (QED) is 0.898. The van der Waals surface area contributed by atoms with Crippen LogP contribution in [0.5, 0.6) is 0 Å². The van der Waals surface area contributed by atoms with E-state index in [-0.39, 0.29) is 0 Å². The zero-order valence-electron chi connectivity index (χ0n) is 11.0. The van der Waals surface area contributed by atoms with Gasteiger partial charge in [0.15, 0.2) is 0 Å². The molecule has 1 aliphatic heterocycles. The van der Waals surface area contributed by atoms with Gasteiger partial charge in [0.05, 0.1) is 30.8 Å². The van der Waals surface area contributed by atoms with Crippen LogP contribution in [0.15, 0.2) is 36.7 Å². The van der Waals surface area contributed by atoms with Crippen molar-refractivity contribution in [3.63, 3.8) is 0 Å². The summed E-state index contributed by atoms with van der Waals surface area (Å²) in [4.78, 5) is 1.64. The summed E-state index contributed by atoms with van der Waals surface area (Å²) in [6.07, 6.45) is 4.65. The molecule has 1 saturated heterocycles. The highest BCUT2D eigenvalue weighted by Crippen LogP contribution is 2.12. The second-order valence-corrected chi connectivity index (χ2v) is 4.94. The molecule has 100 valence electrons.